The smallest absolute Gasteiger partial charge is 0.419 e. The number of piperazine rings is 1. The molecule has 268 valence electrons. The van der Waals surface area contributed by atoms with Gasteiger partial charge in [-0.25, -0.2) is 4.79 Å². The number of nitriles is 1. The second-order valence-electron chi connectivity index (χ2n) is 14.6. The van der Waals surface area contributed by atoms with E-state index in [1.54, 1.807) is 4.90 Å². The number of carbonyl (C=O) groups is 1. The molecule has 5 rings (SSSR count). The van der Waals surface area contributed by atoms with E-state index >= 15 is 0 Å². The van der Waals surface area contributed by atoms with Crippen molar-refractivity contribution in [1.82, 2.24) is 19.8 Å². The molecule has 0 radical (unpaired) electrons. The van der Waals surface area contributed by atoms with Crippen LogP contribution in [0.4, 0.5) is 29.5 Å². The van der Waals surface area contributed by atoms with Crippen LogP contribution >= 0.6 is 11.6 Å². The molecule has 4 heterocycles. The minimum absolute atomic E-state index is 0.00826. The number of nitrogens with zero attached hydrogens (tertiary/aromatic N) is 7. The molecule has 49 heavy (non-hydrogen) atoms. The first-order valence-corrected chi connectivity index (χ1v) is 19.8. The van der Waals surface area contributed by atoms with Crippen molar-refractivity contribution >= 4 is 37.5 Å². The summed E-state index contributed by atoms with van der Waals surface area (Å²) in [6.07, 6.45) is -4.56. The molecule has 3 atom stereocenters. The van der Waals surface area contributed by atoms with E-state index < -0.39 is 32.2 Å². The normalized spacial score (nSPS) is 22.2. The molecule has 2 aromatic rings. The van der Waals surface area contributed by atoms with Crippen molar-refractivity contribution in [1.29, 1.82) is 5.26 Å². The SMILES string of the molecule is CN1C[C@H](O[Si](C)(C)C(C)(C)C)C[C@H]1COc1nc2c(c(N3CCN(C(=O)O)[C@@H](CC#N)C3)n1)CCN(c1cccc(Cl)c1C(F)(F)F)C2. The number of carboxylic acid groups (broad SMARTS) is 1. The number of hydrogen-bond donors (Lipinski definition) is 1. The van der Waals surface area contributed by atoms with Crippen molar-refractivity contribution in [3.63, 3.8) is 0 Å². The number of likely N-dealkylation sites (N-methyl/N-ethyl adjacent to an activating group) is 1. The number of fused-ring (bicyclic) bond motifs is 1. The van der Waals surface area contributed by atoms with E-state index in [9.17, 15) is 28.3 Å². The summed E-state index contributed by atoms with van der Waals surface area (Å²) in [6, 6.07) is 5.79. The molecule has 0 bridgehead atoms. The van der Waals surface area contributed by atoms with Gasteiger partial charge < -0.3 is 29.0 Å². The first-order valence-electron chi connectivity index (χ1n) is 16.5. The molecule has 11 nitrogen and oxygen atoms in total. The van der Waals surface area contributed by atoms with Crippen LogP contribution in [0.2, 0.25) is 23.2 Å². The first-order chi connectivity index (χ1) is 22.9. The molecule has 16 heteroatoms. The zero-order valence-corrected chi connectivity index (χ0v) is 30.6. The van der Waals surface area contributed by atoms with Gasteiger partial charge >= 0.3 is 18.3 Å². The number of aromatic nitrogens is 2. The zero-order valence-electron chi connectivity index (χ0n) is 28.8. The van der Waals surface area contributed by atoms with Gasteiger partial charge in [-0.15, -0.1) is 0 Å². The van der Waals surface area contributed by atoms with Crippen LogP contribution in [0.5, 0.6) is 6.01 Å². The third-order valence-electron chi connectivity index (χ3n) is 10.3. The van der Waals surface area contributed by atoms with Crippen LogP contribution in [0.1, 0.15) is 50.4 Å². The lowest BCUT2D eigenvalue weighted by atomic mass is 10.0. The monoisotopic (exact) mass is 723 g/mol. The van der Waals surface area contributed by atoms with E-state index in [1.165, 1.54) is 23.1 Å². The summed E-state index contributed by atoms with van der Waals surface area (Å²) >= 11 is 6.06. The molecule has 0 aliphatic carbocycles. The molecule has 1 aromatic carbocycles. The lowest BCUT2D eigenvalue weighted by molar-refractivity contribution is -0.137. The fourth-order valence-corrected chi connectivity index (χ4v) is 8.26. The average molecular weight is 724 g/mol. The number of amides is 1. The Hall–Kier alpha value is -3.32. The summed E-state index contributed by atoms with van der Waals surface area (Å²) in [7, 11) is 0.0497. The van der Waals surface area contributed by atoms with Crippen LogP contribution in [0.15, 0.2) is 18.2 Å². The number of likely N-dealkylation sites (tertiary alicyclic amines) is 1. The fourth-order valence-electron chi connectivity index (χ4n) is 6.63. The lowest BCUT2D eigenvalue weighted by Gasteiger charge is -2.41. The lowest BCUT2D eigenvalue weighted by Crippen LogP contribution is -2.55. The highest BCUT2D eigenvalue weighted by molar-refractivity contribution is 6.74. The molecular weight excluding hydrogens is 679 g/mol. The maximum Gasteiger partial charge on any atom is 0.419 e. The number of rotatable bonds is 8. The van der Waals surface area contributed by atoms with Crippen molar-refractivity contribution in [2.75, 3.05) is 56.2 Å². The van der Waals surface area contributed by atoms with Crippen LogP contribution in [0.25, 0.3) is 0 Å². The van der Waals surface area contributed by atoms with Gasteiger partial charge in [0.05, 0.1) is 53.1 Å². The fraction of sp³-hybridized carbons (Fsp3) is 0.636. The molecule has 3 aliphatic heterocycles. The number of alkyl halides is 3. The van der Waals surface area contributed by atoms with E-state index in [0.29, 0.717) is 24.5 Å². The Bertz CT molecular complexity index is 1580. The van der Waals surface area contributed by atoms with Gasteiger partial charge in [0.1, 0.15) is 12.4 Å². The van der Waals surface area contributed by atoms with Crippen LogP contribution in [-0.4, -0.2) is 104 Å². The Morgan fingerprint density at radius 3 is 2.51 bits per heavy atom. The number of anilines is 2. The van der Waals surface area contributed by atoms with Gasteiger partial charge in [0.2, 0.25) is 0 Å². The van der Waals surface area contributed by atoms with Crippen LogP contribution in [-0.2, 0) is 23.6 Å². The average Bonchev–Trinajstić information content (AvgIpc) is 3.35. The van der Waals surface area contributed by atoms with E-state index in [1.807, 2.05) is 11.9 Å². The predicted molar refractivity (Wildman–Crippen MR) is 183 cm³/mol. The summed E-state index contributed by atoms with van der Waals surface area (Å²) in [4.78, 5) is 28.5. The van der Waals surface area contributed by atoms with Gasteiger partial charge in [-0.05, 0) is 50.2 Å². The zero-order chi connectivity index (χ0) is 35.9. The third-order valence-corrected chi connectivity index (χ3v) is 15.2. The summed E-state index contributed by atoms with van der Waals surface area (Å²) in [5, 5.41) is 18.9. The number of halogens is 4. The van der Waals surface area contributed by atoms with Crippen molar-refractivity contribution < 1.29 is 32.2 Å². The highest BCUT2D eigenvalue weighted by Crippen LogP contribution is 2.43. The van der Waals surface area contributed by atoms with Gasteiger partial charge in [-0.3, -0.25) is 4.90 Å². The minimum atomic E-state index is -4.65. The minimum Gasteiger partial charge on any atom is -0.465 e. The second kappa shape index (κ2) is 14.1. The molecule has 1 amide bonds. The predicted octanol–water partition coefficient (Wildman–Crippen LogP) is 6.27. The van der Waals surface area contributed by atoms with E-state index in [2.05, 4.69) is 44.8 Å². The summed E-state index contributed by atoms with van der Waals surface area (Å²) < 4.78 is 55.3. The Balaban J connectivity index is 1.43. The van der Waals surface area contributed by atoms with Crippen LogP contribution in [0.3, 0.4) is 0 Å². The summed E-state index contributed by atoms with van der Waals surface area (Å²) in [5.74, 6) is 0.550. The topological polar surface area (TPSA) is 118 Å². The van der Waals surface area contributed by atoms with Crippen molar-refractivity contribution in [2.45, 2.75) is 89.1 Å². The number of hydrogen-bond acceptors (Lipinski definition) is 9. The standard InChI is InChI=1S/C33H45ClF3N7O4Si/c1-32(2,3)49(5,6)48-23-16-22(41(4)18-23)20-47-30-39-26-19-42(27-9-7-8-25(34)28(27)33(35,36)37)13-11-24(26)29(40-30)43-14-15-44(31(45)46)21(17-43)10-12-38/h7-9,21-23H,10-11,13-20H2,1-6H3,(H,45,46)/t21-,22-,23+/m0/s1. The second-order valence-corrected chi connectivity index (χ2v) is 19.8. The number of benzene rings is 1. The van der Waals surface area contributed by atoms with Crippen LogP contribution in [0, 0.1) is 11.3 Å². The molecule has 3 aliphatic rings. The van der Waals surface area contributed by atoms with Gasteiger partial charge in [0.25, 0.3) is 0 Å². The van der Waals surface area contributed by atoms with Crippen molar-refractivity contribution in [2.24, 2.45) is 0 Å². The highest BCUT2D eigenvalue weighted by Gasteiger charge is 2.43. The maximum atomic E-state index is 14.1. The number of ether oxygens (including phenoxy) is 1. The van der Waals surface area contributed by atoms with E-state index in [0.717, 1.165) is 18.5 Å². The van der Waals surface area contributed by atoms with Gasteiger partial charge in [0.15, 0.2) is 8.32 Å². The Morgan fingerprint density at radius 1 is 1.12 bits per heavy atom. The Kier molecular flexibility index (Phi) is 10.7. The van der Waals surface area contributed by atoms with Gasteiger partial charge in [-0.1, -0.05) is 38.4 Å². The molecule has 2 fully saturated rings. The van der Waals surface area contributed by atoms with E-state index in [4.69, 9.17) is 30.7 Å². The van der Waals surface area contributed by atoms with Gasteiger partial charge in [-0.2, -0.15) is 28.4 Å². The summed E-state index contributed by atoms with van der Waals surface area (Å²) in [6.45, 7) is 13.2. The molecule has 0 saturated carbocycles. The maximum absolute atomic E-state index is 14.1. The molecule has 2 saturated heterocycles. The quantitative estimate of drug-likeness (QED) is 0.313. The Labute approximate surface area is 291 Å². The molecule has 0 spiro atoms. The van der Waals surface area contributed by atoms with Crippen molar-refractivity contribution in [3.05, 3.63) is 40.0 Å². The van der Waals surface area contributed by atoms with E-state index in [-0.39, 0.29) is 73.1 Å². The largest absolute Gasteiger partial charge is 0.465 e. The molecule has 0 unspecified atom stereocenters. The van der Waals surface area contributed by atoms with Crippen LogP contribution < -0.4 is 14.5 Å². The third kappa shape index (κ3) is 8.03. The van der Waals surface area contributed by atoms with Crippen molar-refractivity contribution in [3.8, 4) is 12.1 Å². The molecule has 1 N–H and O–H groups in total. The summed E-state index contributed by atoms with van der Waals surface area (Å²) in [5.41, 5.74) is 0.363. The molecular formula is C33H45ClF3N7O4Si. The Morgan fingerprint density at radius 2 is 1.86 bits per heavy atom. The first kappa shape index (κ1) is 36.9. The highest BCUT2D eigenvalue weighted by atomic mass is 35.5. The van der Waals surface area contributed by atoms with Gasteiger partial charge in [0, 0.05) is 44.3 Å². The molecule has 1 aromatic heterocycles.